The molecule has 0 bridgehead atoms. The van der Waals surface area contributed by atoms with Gasteiger partial charge in [-0.25, -0.2) is 0 Å². The van der Waals surface area contributed by atoms with E-state index < -0.39 is 0 Å². The Morgan fingerprint density at radius 3 is 2.56 bits per heavy atom. The van der Waals surface area contributed by atoms with Gasteiger partial charge in [-0.3, -0.25) is 0 Å². The summed E-state index contributed by atoms with van der Waals surface area (Å²) in [6.07, 6.45) is 2.32. The Hall–Kier alpha value is -1.02. The lowest BCUT2D eigenvalue weighted by Crippen LogP contribution is -2.23. The molecule has 0 saturated carbocycles. The lowest BCUT2D eigenvalue weighted by atomic mass is 9.96. The molecule has 0 aliphatic carbocycles. The average Bonchev–Trinajstić information content (AvgIpc) is 2.34. The second kappa shape index (κ2) is 7.42. The first-order valence-corrected chi connectivity index (χ1v) is 6.96. The number of methoxy groups -OCH3 is 1. The molecular weight excluding hydrogens is 222 g/mol. The zero-order valence-electron chi connectivity index (χ0n) is 12.4. The number of hydrogen-bond donors (Lipinski definition) is 1. The van der Waals surface area contributed by atoms with E-state index in [0.29, 0.717) is 12.0 Å². The second-order valence-corrected chi connectivity index (χ2v) is 5.37. The maximum atomic E-state index is 5.42. The van der Waals surface area contributed by atoms with E-state index in [1.807, 2.05) is 0 Å². The van der Waals surface area contributed by atoms with Gasteiger partial charge in [-0.05, 0) is 49.4 Å². The fourth-order valence-electron chi connectivity index (χ4n) is 2.18. The minimum Gasteiger partial charge on any atom is -0.496 e. The first-order valence-electron chi connectivity index (χ1n) is 6.96. The molecule has 0 aliphatic rings. The summed E-state index contributed by atoms with van der Waals surface area (Å²) in [5.41, 5.74) is 2.53. The summed E-state index contributed by atoms with van der Waals surface area (Å²) in [5.74, 6) is 1.67. The number of aryl methyl sites for hydroxylation is 1. The smallest absolute Gasteiger partial charge is 0.122 e. The maximum Gasteiger partial charge on any atom is 0.122 e. The van der Waals surface area contributed by atoms with E-state index in [9.17, 15) is 0 Å². The Labute approximate surface area is 112 Å². The molecule has 2 heteroatoms. The van der Waals surface area contributed by atoms with E-state index in [2.05, 4.69) is 51.2 Å². The first kappa shape index (κ1) is 15.0. The molecule has 0 amide bonds. The van der Waals surface area contributed by atoms with E-state index in [4.69, 9.17) is 4.74 Å². The Balaban J connectivity index is 2.89. The van der Waals surface area contributed by atoms with E-state index in [1.165, 1.54) is 11.1 Å². The van der Waals surface area contributed by atoms with Crippen LogP contribution in [0, 0.1) is 12.8 Å². The van der Waals surface area contributed by atoms with Crippen LogP contribution >= 0.6 is 0 Å². The first-order chi connectivity index (χ1) is 8.58. The van der Waals surface area contributed by atoms with E-state index in [1.54, 1.807) is 7.11 Å². The molecule has 1 atom stereocenters. The van der Waals surface area contributed by atoms with Crippen LogP contribution in [0.15, 0.2) is 18.2 Å². The van der Waals surface area contributed by atoms with Crippen molar-refractivity contribution in [3.05, 3.63) is 29.3 Å². The highest BCUT2D eigenvalue weighted by atomic mass is 16.5. The largest absolute Gasteiger partial charge is 0.496 e. The van der Waals surface area contributed by atoms with Crippen molar-refractivity contribution in [3.8, 4) is 5.75 Å². The molecule has 1 unspecified atom stereocenters. The Morgan fingerprint density at radius 1 is 1.28 bits per heavy atom. The molecule has 102 valence electrons. The van der Waals surface area contributed by atoms with Gasteiger partial charge in [-0.1, -0.05) is 32.9 Å². The van der Waals surface area contributed by atoms with Crippen LogP contribution in [0.25, 0.3) is 0 Å². The number of rotatable bonds is 7. The zero-order chi connectivity index (χ0) is 13.5. The Bertz CT molecular complexity index is 360. The zero-order valence-corrected chi connectivity index (χ0v) is 12.4. The molecule has 1 N–H and O–H groups in total. The molecule has 0 spiro atoms. The number of ether oxygens (including phenoxy) is 1. The van der Waals surface area contributed by atoms with Crippen molar-refractivity contribution in [2.45, 2.75) is 46.6 Å². The van der Waals surface area contributed by atoms with Crippen LogP contribution < -0.4 is 10.1 Å². The molecule has 0 aliphatic heterocycles. The van der Waals surface area contributed by atoms with Gasteiger partial charge < -0.3 is 10.1 Å². The second-order valence-electron chi connectivity index (χ2n) is 5.37. The van der Waals surface area contributed by atoms with Gasteiger partial charge in [0.15, 0.2) is 0 Å². The van der Waals surface area contributed by atoms with Crippen molar-refractivity contribution in [2.24, 2.45) is 5.92 Å². The van der Waals surface area contributed by atoms with Gasteiger partial charge in [0.2, 0.25) is 0 Å². The molecule has 1 aromatic rings. The van der Waals surface area contributed by atoms with Crippen molar-refractivity contribution in [1.82, 2.24) is 5.32 Å². The van der Waals surface area contributed by atoms with Crippen molar-refractivity contribution in [1.29, 1.82) is 0 Å². The van der Waals surface area contributed by atoms with Crippen LogP contribution in [0.3, 0.4) is 0 Å². The minimum atomic E-state index is 0.430. The normalized spacial score (nSPS) is 12.8. The Kier molecular flexibility index (Phi) is 6.20. The summed E-state index contributed by atoms with van der Waals surface area (Å²) in [4.78, 5) is 0. The molecule has 18 heavy (non-hydrogen) atoms. The highest BCUT2D eigenvalue weighted by Crippen LogP contribution is 2.27. The fourth-order valence-corrected chi connectivity index (χ4v) is 2.18. The third kappa shape index (κ3) is 4.34. The summed E-state index contributed by atoms with van der Waals surface area (Å²) in [5, 5.41) is 3.63. The number of hydrogen-bond acceptors (Lipinski definition) is 2. The van der Waals surface area contributed by atoms with Crippen LogP contribution in [0.5, 0.6) is 5.75 Å². The molecule has 0 fully saturated rings. The third-order valence-corrected chi connectivity index (χ3v) is 3.18. The van der Waals surface area contributed by atoms with Gasteiger partial charge >= 0.3 is 0 Å². The van der Waals surface area contributed by atoms with Gasteiger partial charge in [0.05, 0.1) is 7.11 Å². The minimum absolute atomic E-state index is 0.430. The quantitative estimate of drug-likeness (QED) is 0.786. The van der Waals surface area contributed by atoms with E-state index in [-0.39, 0.29) is 0 Å². The lowest BCUT2D eigenvalue weighted by molar-refractivity contribution is 0.404. The van der Waals surface area contributed by atoms with Crippen LogP contribution in [-0.4, -0.2) is 13.7 Å². The monoisotopic (exact) mass is 249 g/mol. The SMILES string of the molecule is CCCNC(CC(C)C)c1ccc(C)c(OC)c1. The van der Waals surface area contributed by atoms with Crippen LogP contribution in [0.1, 0.15) is 50.8 Å². The molecular formula is C16H27NO. The molecule has 0 aromatic heterocycles. The number of benzene rings is 1. The van der Waals surface area contributed by atoms with Crippen molar-refractivity contribution >= 4 is 0 Å². The summed E-state index contributed by atoms with van der Waals surface area (Å²) in [6.45, 7) is 9.89. The topological polar surface area (TPSA) is 21.3 Å². The summed E-state index contributed by atoms with van der Waals surface area (Å²) in [6, 6.07) is 6.97. The van der Waals surface area contributed by atoms with Gasteiger partial charge in [0.25, 0.3) is 0 Å². The molecule has 1 rings (SSSR count). The molecule has 2 nitrogen and oxygen atoms in total. The lowest BCUT2D eigenvalue weighted by Gasteiger charge is -2.22. The van der Waals surface area contributed by atoms with Crippen LogP contribution in [0.4, 0.5) is 0 Å². The van der Waals surface area contributed by atoms with Gasteiger partial charge in [0, 0.05) is 6.04 Å². The highest BCUT2D eigenvalue weighted by Gasteiger charge is 2.13. The predicted molar refractivity (Wildman–Crippen MR) is 78.2 cm³/mol. The van der Waals surface area contributed by atoms with Crippen molar-refractivity contribution < 1.29 is 4.74 Å². The predicted octanol–water partition coefficient (Wildman–Crippen LogP) is 4.09. The Morgan fingerprint density at radius 2 is 2.00 bits per heavy atom. The van der Waals surface area contributed by atoms with Gasteiger partial charge in [0.1, 0.15) is 5.75 Å². The average molecular weight is 249 g/mol. The standard InChI is InChI=1S/C16H27NO/c1-6-9-17-15(10-12(2)3)14-8-7-13(4)16(11-14)18-5/h7-8,11-12,15,17H,6,9-10H2,1-5H3. The molecule has 0 saturated heterocycles. The number of nitrogens with one attached hydrogen (secondary N) is 1. The summed E-state index contributed by atoms with van der Waals surface area (Å²) < 4.78 is 5.42. The van der Waals surface area contributed by atoms with Crippen molar-refractivity contribution in [3.63, 3.8) is 0 Å². The molecule has 0 radical (unpaired) electrons. The maximum absolute atomic E-state index is 5.42. The molecule has 0 heterocycles. The van der Waals surface area contributed by atoms with E-state index >= 15 is 0 Å². The van der Waals surface area contributed by atoms with E-state index in [0.717, 1.165) is 25.1 Å². The summed E-state index contributed by atoms with van der Waals surface area (Å²) >= 11 is 0. The fraction of sp³-hybridized carbons (Fsp3) is 0.625. The highest BCUT2D eigenvalue weighted by molar-refractivity contribution is 5.37. The van der Waals surface area contributed by atoms with Crippen LogP contribution in [-0.2, 0) is 0 Å². The molecule has 1 aromatic carbocycles. The summed E-state index contributed by atoms with van der Waals surface area (Å²) in [7, 11) is 1.74. The van der Waals surface area contributed by atoms with Gasteiger partial charge in [-0.2, -0.15) is 0 Å². The van der Waals surface area contributed by atoms with Gasteiger partial charge in [-0.15, -0.1) is 0 Å². The van der Waals surface area contributed by atoms with Crippen LogP contribution in [0.2, 0.25) is 0 Å². The van der Waals surface area contributed by atoms with Crippen molar-refractivity contribution in [2.75, 3.05) is 13.7 Å². The third-order valence-electron chi connectivity index (χ3n) is 3.18.